The molecule has 1 N–H and O–H groups in total. The van der Waals surface area contributed by atoms with Gasteiger partial charge in [-0.2, -0.15) is 0 Å². The smallest absolute Gasteiger partial charge is 0.234 e. The summed E-state index contributed by atoms with van der Waals surface area (Å²) in [5.41, 5.74) is 1.68. The normalized spacial score (nSPS) is 14.7. The van der Waals surface area contributed by atoms with Gasteiger partial charge in [0.1, 0.15) is 0 Å². The van der Waals surface area contributed by atoms with Crippen LogP contribution in [-0.4, -0.2) is 31.4 Å². The van der Waals surface area contributed by atoms with Crippen LogP contribution >= 0.6 is 23.4 Å². The third kappa shape index (κ3) is 4.97. The van der Waals surface area contributed by atoms with Crippen molar-refractivity contribution in [3.8, 4) is 11.4 Å². The molecule has 1 aliphatic carbocycles. The maximum absolute atomic E-state index is 12.4. The van der Waals surface area contributed by atoms with E-state index < -0.39 is 0 Å². The number of thioether (sulfide) groups is 1. The summed E-state index contributed by atoms with van der Waals surface area (Å²) in [5, 5.41) is 13.1. The summed E-state index contributed by atoms with van der Waals surface area (Å²) in [6, 6.07) is 11.4. The van der Waals surface area contributed by atoms with E-state index in [0.29, 0.717) is 16.8 Å². The Kier molecular flexibility index (Phi) is 6.46. The lowest BCUT2D eigenvalue weighted by atomic mass is 9.95. The van der Waals surface area contributed by atoms with Gasteiger partial charge in [-0.3, -0.25) is 14.3 Å². The molecule has 3 aromatic rings. The molecule has 1 aromatic carbocycles. The Morgan fingerprint density at radius 3 is 2.69 bits per heavy atom. The van der Waals surface area contributed by atoms with Crippen molar-refractivity contribution < 1.29 is 4.79 Å². The molecule has 29 heavy (non-hydrogen) atoms. The van der Waals surface area contributed by atoms with E-state index >= 15 is 0 Å². The maximum Gasteiger partial charge on any atom is 0.234 e. The van der Waals surface area contributed by atoms with Crippen molar-refractivity contribution in [2.45, 2.75) is 43.3 Å². The minimum atomic E-state index is -0.0964. The molecule has 0 atom stereocenters. The number of rotatable bonds is 6. The highest BCUT2D eigenvalue weighted by molar-refractivity contribution is 7.99. The molecule has 1 fully saturated rings. The molecular formula is C21H22ClN5OS. The molecule has 0 aliphatic heterocycles. The number of carbonyl (C=O) groups is 1. The lowest BCUT2D eigenvalue weighted by Gasteiger charge is -2.25. The van der Waals surface area contributed by atoms with Crippen LogP contribution in [-0.2, 0) is 4.79 Å². The average Bonchev–Trinajstić information content (AvgIpc) is 3.17. The second-order valence-corrected chi connectivity index (χ2v) is 8.43. The maximum atomic E-state index is 12.4. The van der Waals surface area contributed by atoms with Crippen LogP contribution < -0.4 is 5.32 Å². The monoisotopic (exact) mass is 427 g/mol. The summed E-state index contributed by atoms with van der Waals surface area (Å²) in [4.78, 5) is 16.5. The van der Waals surface area contributed by atoms with Crippen LogP contribution in [0.4, 0.5) is 5.69 Å². The lowest BCUT2D eigenvalue weighted by molar-refractivity contribution is -0.113. The molecule has 1 saturated carbocycles. The van der Waals surface area contributed by atoms with Gasteiger partial charge in [0.15, 0.2) is 11.0 Å². The summed E-state index contributed by atoms with van der Waals surface area (Å²) in [5.74, 6) is 1.01. The molecule has 2 heterocycles. The Bertz CT molecular complexity index is 972. The molecule has 4 rings (SSSR count). The predicted octanol–water partition coefficient (Wildman–Crippen LogP) is 5.23. The highest BCUT2D eigenvalue weighted by atomic mass is 35.5. The fourth-order valence-corrected chi connectivity index (χ4v) is 4.63. The van der Waals surface area contributed by atoms with Crippen LogP contribution in [0.3, 0.4) is 0 Å². The van der Waals surface area contributed by atoms with Crippen molar-refractivity contribution in [2.75, 3.05) is 11.1 Å². The second kappa shape index (κ2) is 9.41. The summed E-state index contributed by atoms with van der Waals surface area (Å²) >= 11 is 7.40. The Morgan fingerprint density at radius 2 is 1.93 bits per heavy atom. The largest absolute Gasteiger partial charge is 0.325 e. The molecule has 1 aliphatic rings. The fourth-order valence-electron chi connectivity index (χ4n) is 3.64. The van der Waals surface area contributed by atoms with Gasteiger partial charge in [-0.1, -0.05) is 48.7 Å². The molecule has 0 saturated heterocycles. The standard InChI is InChI=1S/C21H22ClN5OS/c22-16-5-4-6-17(13-16)24-19(28)14-29-21-26-25-20(15-9-11-23-12-10-15)27(21)18-7-2-1-3-8-18/h4-6,9-13,18H,1-3,7-8,14H2,(H,24,28). The van der Waals surface area contributed by atoms with Crippen molar-refractivity contribution in [3.63, 3.8) is 0 Å². The lowest BCUT2D eigenvalue weighted by Crippen LogP contribution is -2.17. The van der Waals surface area contributed by atoms with Gasteiger partial charge in [0.2, 0.25) is 5.91 Å². The highest BCUT2D eigenvalue weighted by Gasteiger charge is 2.24. The van der Waals surface area contributed by atoms with Crippen molar-refractivity contribution >= 4 is 35.0 Å². The number of hydrogen-bond acceptors (Lipinski definition) is 5. The van der Waals surface area contributed by atoms with Gasteiger partial charge < -0.3 is 5.32 Å². The summed E-state index contributed by atoms with van der Waals surface area (Å²) in [7, 11) is 0. The van der Waals surface area contributed by atoms with Crippen LogP contribution in [0.2, 0.25) is 5.02 Å². The molecule has 2 aromatic heterocycles. The zero-order chi connectivity index (χ0) is 20.1. The fraction of sp³-hybridized carbons (Fsp3) is 0.333. The number of amides is 1. The number of halogens is 1. The van der Waals surface area contributed by atoms with Gasteiger partial charge in [0.25, 0.3) is 0 Å². The van der Waals surface area contributed by atoms with E-state index in [1.54, 1.807) is 24.5 Å². The number of nitrogens with one attached hydrogen (secondary N) is 1. The first-order valence-corrected chi connectivity index (χ1v) is 11.1. The van der Waals surface area contributed by atoms with Crippen LogP contribution in [0.25, 0.3) is 11.4 Å². The van der Waals surface area contributed by atoms with Crippen molar-refractivity contribution in [2.24, 2.45) is 0 Å². The summed E-state index contributed by atoms with van der Waals surface area (Å²) < 4.78 is 2.21. The minimum Gasteiger partial charge on any atom is -0.325 e. The van der Waals surface area contributed by atoms with E-state index in [0.717, 1.165) is 29.4 Å². The van der Waals surface area contributed by atoms with Crippen LogP contribution in [0.5, 0.6) is 0 Å². The molecule has 1 amide bonds. The average molecular weight is 428 g/mol. The topological polar surface area (TPSA) is 72.7 Å². The van der Waals surface area contributed by atoms with E-state index in [1.807, 2.05) is 24.3 Å². The number of benzene rings is 1. The zero-order valence-corrected chi connectivity index (χ0v) is 17.5. The van der Waals surface area contributed by atoms with E-state index in [2.05, 4.69) is 25.1 Å². The number of anilines is 1. The minimum absolute atomic E-state index is 0.0964. The van der Waals surface area contributed by atoms with Crippen LogP contribution in [0.15, 0.2) is 53.9 Å². The zero-order valence-electron chi connectivity index (χ0n) is 15.9. The number of pyridine rings is 1. The van der Waals surface area contributed by atoms with Gasteiger partial charge in [-0.05, 0) is 43.2 Å². The Labute approximate surface area is 179 Å². The number of carbonyl (C=O) groups excluding carboxylic acids is 1. The second-order valence-electron chi connectivity index (χ2n) is 7.05. The molecule has 8 heteroatoms. The Balaban J connectivity index is 1.52. The SMILES string of the molecule is O=C(CSc1nnc(-c2ccncc2)n1C1CCCCC1)Nc1cccc(Cl)c1. The van der Waals surface area contributed by atoms with Gasteiger partial charge in [-0.15, -0.1) is 10.2 Å². The quantitative estimate of drug-likeness (QED) is 0.545. The first kappa shape index (κ1) is 19.9. The first-order chi connectivity index (χ1) is 14.2. The Hall–Kier alpha value is -2.38. The van der Waals surface area contributed by atoms with E-state index in [-0.39, 0.29) is 11.7 Å². The number of nitrogens with zero attached hydrogens (tertiary/aromatic N) is 4. The van der Waals surface area contributed by atoms with Crippen LogP contribution in [0, 0.1) is 0 Å². The molecule has 0 bridgehead atoms. The van der Waals surface area contributed by atoms with Crippen molar-refractivity contribution in [1.82, 2.24) is 19.7 Å². The third-order valence-corrected chi connectivity index (χ3v) is 6.16. The Morgan fingerprint density at radius 1 is 1.14 bits per heavy atom. The van der Waals surface area contributed by atoms with Crippen molar-refractivity contribution in [1.29, 1.82) is 0 Å². The molecular weight excluding hydrogens is 406 g/mol. The van der Waals surface area contributed by atoms with Crippen molar-refractivity contribution in [3.05, 3.63) is 53.8 Å². The van der Waals surface area contributed by atoms with E-state index in [9.17, 15) is 4.79 Å². The van der Waals surface area contributed by atoms with Gasteiger partial charge in [0, 0.05) is 34.7 Å². The highest BCUT2D eigenvalue weighted by Crippen LogP contribution is 2.35. The molecule has 0 unspecified atom stereocenters. The van der Waals surface area contributed by atoms with Crippen LogP contribution in [0.1, 0.15) is 38.1 Å². The van der Waals surface area contributed by atoms with E-state index in [1.165, 1.54) is 31.0 Å². The molecule has 6 nitrogen and oxygen atoms in total. The molecule has 150 valence electrons. The number of hydrogen-bond donors (Lipinski definition) is 1. The summed E-state index contributed by atoms with van der Waals surface area (Å²) in [6.07, 6.45) is 9.43. The third-order valence-electron chi connectivity index (χ3n) is 4.98. The van der Waals surface area contributed by atoms with Gasteiger partial charge >= 0.3 is 0 Å². The van der Waals surface area contributed by atoms with Gasteiger partial charge in [0.05, 0.1) is 5.75 Å². The molecule has 0 radical (unpaired) electrons. The molecule has 0 spiro atoms. The first-order valence-electron chi connectivity index (χ1n) is 9.74. The van der Waals surface area contributed by atoms with Gasteiger partial charge in [-0.25, -0.2) is 0 Å². The van der Waals surface area contributed by atoms with E-state index in [4.69, 9.17) is 11.6 Å². The predicted molar refractivity (Wildman–Crippen MR) is 116 cm³/mol. The number of aromatic nitrogens is 4. The summed E-state index contributed by atoms with van der Waals surface area (Å²) in [6.45, 7) is 0.